The van der Waals surface area contributed by atoms with E-state index in [9.17, 15) is 12.6 Å². The Morgan fingerprint density at radius 3 is 2.76 bits per heavy atom. The lowest BCUT2D eigenvalue weighted by Gasteiger charge is -2.31. The van der Waals surface area contributed by atoms with Gasteiger partial charge < -0.3 is 10.1 Å². The summed E-state index contributed by atoms with van der Waals surface area (Å²) in [7, 11) is -4.19. The van der Waals surface area contributed by atoms with Crippen molar-refractivity contribution in [2.24, 2.45) is 0 Å². The van der Waals surface area contributed by atoms with Gasteiger partial charge in [-0.05, 0) is 13.0 Å². The van der Waals surface area contributed by atoms with Gasteiger partial charge >= 0.3 is 0 Å². The molecule has 1 aliphatic rings. The summed E-state index contributed by atoms with van der Waals surface area (Å²) in [5, 5.41) is 3.20. The first-order valence-electron chi connectivity index (χ1n) is 5.80. The molecule has 1 heterocycles. The summed E-state index contributed by atoms with van der Waals surface area (Å²) in [5.41, 5.74) is 0. The van der Waals surface area contributed by atoms with E-state index in [1.165, 1.54) is 6.26 Å². The van der Waals surface area contributed by atoms with Crippen LogP contribution in [-0.4, -0.2) is 61.4 Å². The van der Waals surface area contributed by atoms with Crippen molar-refractivity contribution < 1.29 is 17.4 Å². The van der Waals surface area contributed by atoms with E-state index in [0.717, 1.165) is 13.0 Å². The summed E-state index contributed by atoms with van der Waals surface area (Å²) < 4.78 is 39.5. The summed E-state index contributed by atoms with van der Waals surface area (Å²) in [5.74, 6) is 0.184. The van der Waals surface area contributed by atoms with E-state index in [2.05, 4.69) is 5.32 Å². The minimum absolute atomic E-state index is 0.0189. The lowest BCUT2D eigenvalue weighted by Crippen LogP contribution is -2.49. The van der Waals surface area contributed by atoms with Gasteiger partial charge in [-0.25, -0.2) is 8.42 Å². The first kappa shape index (κ1) is 15.1. The second-order valence-electron chi connectivity index (χ2n) is 4.28. The van der Waals surface area contributed by atoms with Gasteiger partial charge in [0.25, 0.3) is 0 Å². The molecule has 7 heteroatoms. The first-order chi connectivity index (χ1) is 7.94. The largest absolute Gasteiger partial charge is 0.380 e. The highest BCUT2D eigenvalue weighted by Crippen LogP contribution is 2.14. The van der Waals surface area contributed by atoms with Crippen LogP contribution in [-0.2, 0) is 25.4 Å². The lowest BCUT2D eigenvalue weighted by molar-refractivity contribution is 0.0825. The van der Waals surface area contributed by atoms with Gasteiger partial charge in [-0.1, -0.05) is 6.92 Å². The SMILES string of the molecule is CCNC1CCOCC1S(=O)CCS(C)(=O)=O. The van der Waals surface area contributed by atoms with Crippen LogP contribution in [0.2, 0.25) is 0 Å². The number of sulfone groups is 1. The van der Waals surface area contributed by atoms with Crippen LogP contribution in [0.5, 0.6) is 0 Å². The average molecular weight is 283 g/mol. The molecule has 17 heavy (non-hydrogen) atoms. The Bertz CT molecular complexity index is 353. The maximum absolute atomic E-state index is 12.1. The molecule has 0 spiro atoms. The van der Waals surface area contributed by atoms with E-state index < -0.39 is 20.6 Å². The summed E-state index contributed by atoms with van der Waals surface area (Å²) in [4.78, 5) is 0. The molecule has 0 aromatic carbocycles. The van der Waals surface area contributed by atoms with Gasteiger partial charge in [-0.15, -0.1) is 0 Å². The third kappa shape index (κ3) is 5.46. The maximum atomic E-state index is 12.1. The van der Waals surface area contributed by atoms with E-state index in [-0.39, 0.29) is 22.8 Å². The highest BCUT2D eigenvalue weighted by molar-refractivity contribution is 7.92. The summed E-state index contributed by atoms with van der Waals surface area (Å²) >= 11 is 0. The Balaban J connectivity index is 2.53. The van der Waals surface area contributed by atoms with Crippen LogP contribution in [0.1, 0.15) is 13.3 Å². The van der Waals surface area contributed by atoms with Crippen molar-refractivity contribution in [2.45, 2.75) is 24.6 Å². The molecule has 0 amide bonds. The molecule has 1 rings (SSSR count). The van der Waals surface area contributed by atoms with Crippen LogP contribution in [0.15, 0.2) is 0 Å². The van der Waals surface area contributed by atoms with Gasteiger partial charge in [0, 0.05) is 35.5 Å². The van der Waals surface area contributed by atoms with E-state index in [1.54, 1.807) is 0 Å². The molecule has 0 radical (unpaired) electrons. The minimum atomic E-state index is -3.04. The predicted molar refractivity (Wildman–Crippen MR) is 69.4 cm³/mol. The van der Waals surface area contributed by atoms with Gasteiger partial charge in [0.2, 0.25) is 0 Å². The fourth-order valence-electron chi connectivity index (χ4n) is 1.85. The normalized spacial score (nSPS) is 27.9. The van der Waals surface area contributed by atoms with E-state index in [4.69, 9.17) is 4.74 Å². The molecule has 3 unspecified atom stereocenters. The van der Waals surface area contributed by atoms with Crippen LogP contribution in [0.4, 0.5) is 0 Å². The summed E-state index contributed by atoms with van der Waals surface area (Å²) in [6, 6.07) is 0.175. The third-order valence-electron chi connectivity index (χ3n) is 2.76. The van der Waals surface area contributed by atoms with Crippen molar-refractivity contribution in [3.63, 3.8) is 0 Å². The smallest absolute Gasteiger partial charge is 0.148 e. The van der Waals surface area contributed by atoms with Crippen molar-refractivity contribution in [3.05, 3.63) is 0 Å². The molecule has 102 valence electrons. The minimum Gasteiger partial charge on any atom is -0.380 e. The molecule has 1 aliphatic heterocycles. The predicted octanol–water partition coefficient (Wildman–Crippen LogP) is -0.453. The third-order valence-corrected chi connectivity index (χ3v) is 5.71. The van der Waals surface area contributed by atoms with Crippen molar-refractivity contribution in [2.75, 3.05) is 37.5 Å². The molecule has 5 nitrogen and oxygen atoms in total. The fourth-order valence-corrected chi connectivity index (χ4v) is 4.87. The van der Waals surface area contributed by atoms with Gasteiger partial charge in [0.1, 0.15) is 9.84 Å². The molecular weight excluding hydrogens is 262 g/mol. The van der Waals surface area contributed by atoms with E-state index >= 15 is 0 Å². The fraction of sp³-hybridized carbons (Fsp3) is 1.00. The quantitative estimate of drug-likeness (QED) is 0.714. The molecule has 0 aliphatic carbocycles. The maximum Gasteiger partial charge on any atom is 0.148 e. The number of hydrogen-bond donors (Lipinski definition) is 1. The van der Waals surface area contributed by atoms with Crippen LogP contribution >= 0.6 is 0 Å². The standard InChI is InChI=1S/C10H21NO4S2/c1-3-11-9-4-5-15-8-10(9)16(12)6-7-17(2,13)14/h9-11H,3-8H2,1-2H3. The van der Waals surface area contributed by atoms with E-state index in [1.807, 2.05) is 6.92 Å². The Morgan fingerprint density at radius 2 is 2.18 bits per heavy atom. The second kappa shape index (κ2) is 6.82. The lowest BCUT2D eigenvalue weighted by atomic mass is 10.1. The number of nitrogens with one attached hydrogen (secondary N) is 1. The van der Waals surface area contributed by atoms with Gasteiger partial charge in [-0.3, -0.25) is 4.21 Å². The highest BCUT2D eigenvalue weighted by Gasteiger charge is 2.30. The van der Waals surface area contributed by atoms with Crippen LogP contribution in [0.25, 0.3) is 0 Å². The summed E-state index contributed by atoms with van der Waals surface area (Å²) in [6.07, 6.45) is 2.01. The molecule has 1 fully saturated rings. The van der Waals surface area contributed by atoms with Gasteiger partial charge in [-0.2, -0.15) is 0 Å². The molecule has 0 saturated carbocycles. The number of rotatable bonds is 6. The highest BCUT2D eigenvalue weighted by atomic mass is 32.2. The monoisotopic (exact) mass is 283 g/mol. The zero-order chi connectivity index (χ0) is 12.9. The molecular formula is C10H21NO4S2. The topological polar surface area (TPSA) is 72.5 Å². The molecule has 1 saturated heterocycles. The molecule has 0 aromatic rings. The molecule has 3 atom stereocenters. The van der Waals surface area contributed by atoms with Crippen molar-refractivity contribution in [1.29, 1.82) is 0 Å². The van der Waals surface area contributed by atoms with Crippen molar-refractivity contribution in [3.8, 4) is 0 Å². The zero-order valence-corrected chi connectivity index (χ0v) is 12.0. The molecule has 0 aromatic heterocycles. The zero-order valence-electron chi connectivity index (χ0n) is 10.3. The summed E-state index contributed by atoms with van der Waals surface area (Å²) in [6.45, 7) is 3.96. The number of ether oxygens (including phenoxy) is 1. The Labute approximate surface area is 106 Å². The Hall–Kier alpha value is 0.0200. The average Bonchev–Trinajstić information content (AvgIpc) is 2.26. The Morgan fingerprint density at radius 1 is 1.47 bits per heavy atom. The van der Waals surface area contributed by atoms with E-state index in [0.29, 0.717) is 13.2 Å². The van der Waals surface area contributed by atoms with Crippen molar-refractivity contribution >= 4 is 20.6 Å². The van der Waals surface area contributed by atoms with Crippen LogP contribution in [0, 0.1) is 0 Å². The van der Waals surface area contributed by atoms with Crippen LogP contribution in [0.3, 0.4) is 0 Å². The molecule has 0 bridgehead atoms. The second-order valence-corrected chi connectivity index (χ2v) is 8.32. The Kier molecular flexibility index (Phi) is 6.05. The van der Waals surface area contributed by atoms with Crippen molar-refractivity contribution in [1.82, 2.24) is 5.32 Å². The van der Waals surface area contributed by atoms with Gasteiger partial charge in [0.15, 0.2) is 0 Å². The number of hydrogen-bond acceptors (Lipinski definition) is 5. The molecule has 1 N–H and O–H groups in total. The first-order valence-corrected chi connectivity index (χ1v) is 9.24. The van der Waals surface area contributed by atoms with Gasteiger partial charge in [0.05, 0.1) is 17.6 Å². The van der Waals surface area contributed by atoms with Crippen LogP contribution < -0.4 is 5.32 Å².